The molecule has 0 saturated carbocycles. The molecule has 20 heavy (non-hydrogen) atoms. The summed E-state index contributed by atoms with van der Waals surface area (Å²) in [5.41, 5.74) is 2.79. The summed E-state index contributed by atoms with van der Waals surface area (Å²) in [6.07, 6.45) is 1.53. The molecule has 0 bridgehead atoms. The van der Waals surface area contributed by atoms with E-state index in [0.29, 0.717) is 11.3 Å². The standard InChI is InChI=1S/C11H10ClN5O3/c1-6-5-14-11(16-13)15-10(6)20-7-2-3-9(17(18)19)8(12)4-7/h2-5H,13H2,1H3,(H,14,15,16). The van der Waals surface area contributed by atoms with E-state index in [9.17, 15) is 10.1 Å². The molecule has 3 N–H and O–H groups in total. The number of nitro groups is 1. The fourth-order valence-corrected chi connectivity index (χ4v) is 1.65. The molecule has 9 heteroatoms. The van der Waals surface area contributed by atoms with Gasteiger partial charge in [0.25, 0.3) is 5.69 Å². The van der Waals surface area contributed by atoms with Gasteiger partial charge in [0.05, 0.1) is 4.92 Å². The summed E-state index contributed by atoms with van der Waals surface area (Å²) < 4.78 is 5.51. The number of nitrogens with one attached hydrogen (secondary N) is 1. The molecular weight excluding hydrogens is 286 g/mol. The molecule has 0 aliphatic rings. The maximum atomic E-state index is 10.7. The number of rotatable bonds is 4. The van der Waals surface area contributed by atoms with Crippen LogP contribution in [0.2, 0.25) is 5.02 Å². The molecule has 0 radical (unpaired) electrons. The zero-order chi connectivity index (χ0) is 14.7. The number of benzene rings is 1. The Labute approximate surface area is 118 Å². The summed E-state index contributed by atoms with van der Waals surface area (Å²) in [4.78, 5) is 18.0. The van der Waals surface area contributed by atoms with Crippen molar-refractivity contribution in [2.24, 2.45) is 5.84 Å². The third kappa shape index (κ3) is 2.92. The first-order valence-electron chi connectivity index (χ1n) is 5.43. The van der Waals surface area contributed by atoms with Crippen LogP contribution in [0.5, 0.6) is 11.6 Å². The average Bonchev–Trinajstić information content (AvgIpc) is 2.41. The lowest BCUT2D eigenvalue weighted by molar-refractivity contribution is -0.384. The molecule has 2 aromatic rings. The van der Waals surface area contributed by atoms with Crippen molar-refractivity contribution in [2.45, 2.75) is 6.92 Å². The molecule has 0 spiro atoms. The molecule has 1 aromatic carbocycles. The minimum absolute atomic E-state index is 0.0172. The van der Waals surface area contributed by atoms with E-state index in [2.05, 4.69) is 15.4 Å². The van der Waals surface area contributed by atoms with Crippen molar-refractivity contribution in [1.82, 2.24) is 9.97 Å². The lowest BCUT2D eigenvalue weighted by Gasteiger charge is -2.08. The fraction of sp³-hybridized carbons (Fsp3) is 0.0909. The molecule has 1 heterocycles. The summed E-state index contributed by atoms with van der Waals surface area (Å²) in [5, 5.41) is 10.6. The Hall–Kier alpha value is -2.45. The molecule has 8 nitrogen and oxygen atoms in total. The molecule has 1 aromatic heterocycles. The largest absolute Gasteiger partial charge is 0.439 e. The van der Waals surface area contributed by atoms with Crippen molar-refractivity contribution in [1.29, 1.82) is 0 Å². The molecule has 2 rings (SSSR count). The van der Waals surface area contributed by atoms with Crippen molar-refractivity contribution >= 4 is 23.2 Å². The van der Waals surface area contributed by atoms with Crippen LogP contribution in [0, 0.1) is 17.0 Å². The normalized spacial score (nSPS) is 10.2. The summed E-state index contributed by atoms with van der Waals surface area (Å²) >= 11 is 5.80. The van der Waals surface area contributed by atoms with E-state index in [0.717, 1.165) is 0 Å². The molecule has 0 aliphatic heterocycles. The van der Waals surface area contributed by atoms with E-state index in [1.165, 1.54) is 24.4 Å². The lowest BCUT2D eigenvalue weighted by atomic mass is 10.3. The molecule has 0 unspecified atom stereocenters. The van der Waals surface area contributed by atoms with Crippen molar-refractivity contribution in [3.8, 4) is 11.6 Å². The van der Waals surface area contributed by atoms with Gasteiger partial charge in [0.2, 0.25) is 11.8 Å². The second kappa shape index (κ2) is 5.68. The molecule has 0 amide bonds. The highest BCUT2D eigenvalue weighted by atomic mass is 35.5. The Morgan fingerprint density at radius 1 is 1.50 bits per heavy atom. The maximum absolute atomic E-state index is 10.7. The van der Waals surface area contributed by atoms with E-state index in [-0.39, 0.29) is 22.5 Å². The van der Waals surface area contributed by atoms with Crippen molar-refractivity contribution < 1.29 is 9.66 Å². The van der Waals surface area contributed by atoms with Gasteiger partial charge in [-0.05, 0) is 13.0 Å². The molecular formula is C11H10ClN5O3. The van der Waals surface area contributed by atoms with Gasteiger partial charge in [-0.15, -0.1) is 0 Å². The smallest absolute Gasteiger partial charge is 0.288 e. The van der Waals surface area contributed by atoms with Gasteiger partial charge in [-0.2, -0.15) is 4.98 Å². The summed E-state index contributed by atoms with van der Waals surface area (Å²) in [7, 11) is 0. The third-order valence-corrected chi connectivity index (χ3v) is 2.69. The van der Waals surface area contributed by atoms with Gasteiger partial charge in [-0.25, -0.2) is 10.8 Å². The molecule has 0 aliphatic carbocycles. The number of hydrazine groups is 1. The predicted molar refractivity (Wildman–Crippen MR) is 72.8 cm³/mol. The van der Waals surface area contributed by atoms with E-state index >= 15 is 0 Å². The number of ether oxygens (including phenoxy) is 1. The summed E-state index contributed by atoms with van der Waals surface area (Å²) in [5.74, 6) is 6.01. The van der Waals surface area contributed by atoms with Gasteiger partial charge in [-0.1, -0.05) is 11.6 Å². The third-order valence-electron chi connectivity index (χ3n) is 2.38. The second-order valence-electron chi connectivity index (χ2n) is 3.80. The van der Waals surface area contributed by atoms with Crippen LogP contribution in [-0.4, -0.2) is 14.9 Å². The van der Waals surface area contributed by atoms with Crippen molar-refractivity contribution in [3.05, 3.63) is 45.1 Å². The van der Waals surface area contributed by atoms with Crippen molar-refractivity contribution in [3.63, 3.8) is 0 Å². The topological polar surface area (TPSA) is 116 Å². The Morgan fingerprint density at radius 2 is 2.25 bits per heavy atom. The van der Waals surface area contributed by atoms with Gasteiger partial charge < -0.3 is 4.74 Å². The summed E-state index contributed by atoms with van der Waals surface area (Å²) in [6.45, 7) is 1.75. The number of nitro benzene ring substituents is 1. The lowest BCUT2D eigenvalue weighted by Crippen LogP contribution is -2.11. The van der Waals surface area contributed by atoms with E-state index in [1.54, 1.807) is 6.92 Å². The number of hydrogen-bond donors (Lipinski definition) is 2. The number of nitrogens with two attached hydrogens (primary N) is 1. The number of aromatic nitrogens is 2. The molecule has 0 saturated heterocycles. The zero-order valence-electron chi connectivity index (χ0n) is 10.3. The second-order valence-corrected chi connectivity index (χ2v) is 4.21. The molecule has 104 valence electrons. The number of aryl methyl sites for hydroxylation is 1. The number of hydrogen-bond acceptors (Lipinski definition) is 7. The van der Waals surface area contributed by atoms with E-state index in [1.807, 2.05) is 0 Å². The monoisotopic (exact) mass is 295 g/mol. The predicted octanol–water partition coefficient (Wildman–Crippen LogP) is 2.42. The SMILES string of the molecule is Cc1cnc(NN)nc1Oc1ccc([N+](=O)[O-])c(Cl)c1. The number of nitrogens with zero attached hydrogens (tertiary/aromatic N) is 3. The highest BCUT2D eigenvalue weighted by Crippen LogP contribution is 2.31. The maximum Gasteiger partial charge on any atom is 0.288 e. The first kappa shape index (κ1) is 14.0. The minimum atomic E-state index is -0.571. The Morgan fingerprint density at radius 3 is 2.85 bits per heavy atom. The summed E-state index contributed by atoms with van der Waals surface area (Å²) in [6, 6.07) is 4.04. The van der Waals surface area contributed by atoms with Gasteiger partial charge in [0.15, 0.2) is 0 Å². The quantitative estimate of drug-likeness (QED) is 0.505. The molecule has 0 fully saturated rings. The van der Waals surface area contributed by atoms with Gasteiger partial charge in [0.1, 0.15) is 10.8 Å². The van der Waals surface area contributed by atoms with E-state index < -0.39 is 4.92 Å². The first-order chi connectivity index (χ1) is 9.51. The van der Waals surface area contributed by atoms with Crippen LogP contribution in [0.4, 0.5) is 11.6 Å². The van der Waals surface area contributed by atoms with Crippen LogP contribution in [0.15, 0.2) is 24.4 Å². The van der Waals surface area contributed by atoms with E-state index in [4.69, 9.17) is 22.2 Å². The van der Waals surface area contributed by atoms with Crippen molar-refractivity contribution in [2.75, 3.05) is 5.43 Å². The zero-order valence-corrected chi connectivity index (χ0v) is 11.1. The van der Waals surface area contributed by atoms with Crippen LogP contribution in [-0.2, 0) is 0 Å². The minimum Gasteiger partial charge on any atom is -0.439 e. The van der Waals surface area contributed by atoms with Gasteiger partial charge in [0, 0.05) is 23.9 Å². The van der Waals surface area contributed by atoms with Crippen LogP contribution in [0.1, 0.15) is 5.56 Å². The van der Waals surface area contributed by atoms with Crippen LogP contribution >= 0.6 is 11.6 Å². The average molecular weight is 296 g/mol. The van der Waals surface area contributed by atoms with Gasteiger partial charge in [-0.3, -0.25) is 15.5 Å². The van der Waals surface area contributed by atoms with Crippen LogP contribution < -0.4 is 16.0 Å². The first-order valence-corrected chi connectivity index (χ1v) is 5.81. The Balaban J connectivity index is 2.30. The number of nitrogen functional groups attached to an aromatic ring is 1. The van der Waals surface area contributed by atoms with Gasteiger partial charge >= 0.3 is 0 Å². The highest BCUT2D eigenvalue weighted by Gasteiger charge is 2.14. The fourth-order valence-electron chi connectivity index (χ4n) is 1.41. The van der Waals surface area contributed by atoms with Crippen LogP contribution in [0.3, 0.4) is 0 Å². The molecule has 0 atom stereocenters. The highest BCUT2D eigenvalue weighted by molar-refractivity contribution is 6.32. The number of halogens is 1. The number of anilines is 1. The Bertz CT molecular complexity index is 665. The Kier molecular flexibility index (Phi) is 3.97. The van der Waals surface area contributed by atoms with Crippen LogP contribution in [0.25, 0.3) is 0 Å².